The number of amides is 1. The summed E-state index contributed by atoms with van der Waals surface area (Å²) in [5.41, 5.74) is -1.55. The first-order valence-electron chi connectivity index (χ1n) is 17.3. The zero-order valence-corrected chi connectivity index (χ0v) is 32.7. The lowest BCUT2D eigenvalue weighted by Gasteiger charge is -2.29. The molecule has 6 rings (SSSR count). The van der Waals surface area contributed by atoms with Crippen LogP contribution in [0.5, 0.6) is 0 Å². The normalized spacial score (nSPS) is 26.1. The molecule has 0 bridgehead atoms. The van der Waals surface area contributed by atoms with E-state index in [9.17, 15) is 28.9 Å². The van der Waals surface area contributed by atoms with Gasteiger partial charge in [0.1, 0.15) is 30.7 Å². The van der Waals surface area contributed by atoms with Crippen LogP contribution in [-0.2, 0) is 48.5 Å². The number of halogens is 2. The van der Waals surface area contributed by atoms with Crippen LogP contribution in [0.1, 0.15) is 35.7 Å². The van der Waals surface area contributed by atoms with E-state index in [2.05, 4.69) is 20.3 Å². The molecule has 0 aliphatic carbocycles. The zero-order chi connectivity index (χ0) is 42.3. The van der Waals surface area contributed by atoms with E-state index in [0.29, 0.717) is 10.1 Å². The summed E-state index contributed by atoms with van der Waals surface area (Å²) in [6, 6.07) is 12.6. The van der Waals surface area contributed by atoms with Crippen molar-refractivity contribution in [3.63, 3.8) is 0 Å². The Kier molecular flexibility index (Phi) is 14.2. The predicted octanol–water partition coefficient (Wildman–Crippen LogP) is 2.06. The van der Waals surface area contributed by atoms with Gasteiger partial charge in [0, 0.05) is 17.8 Å². The summed E-state index contributed by atoms with van der Waals surface area (Å²) in [5, 5.41) is 30.6. The largest absolute Gasteiger partial charge is 0.472 e. The number of anilines is 1. The van der Waals surface area contributed by atoms with Gasteiger partial charge in [-0.1, -0.05) is 18.2 Å². The van der Waals surface area contributed by atoms with Crippen LogP contribution in [-0.4, -0.2) is 108 Å². The second kappa shape index (κ2) is 19.1. The van der Waals surface area contributed by atoms with Crippen LogP contribution in [0.15, 0.2) is 64.8 Å². The fourth-order valence-corrected chi connectivity index (χ4v) is 8.94. The number of fused-ring (bicyclic) bond motifs is 1. The minimum Gasteiger partial charge on any atom is -0.394 e. The fourth-order valence-electron chi connectivity index (χ4n) is 5.90. The van der Waals surface area contributed by atoms with Gasteiger partial charge in [0.2, 0.25) is 0 Å². The van der Waals surface area contributed by atoms with Crippen LogP contribution in [0, 0.1) is 22.7 Å². The summed E-state index contributed by atoms with van der Waals surface area (Å²) in [6.07, 6.45) is -12.4. The summed E-state index contributed by atoms with van der Waals surface area (Å²) in [5.74, 6) is -0.580. The number of nitriles is 2. The Labute approximate surface area is 336 Å². The molecule has 2 fully saturated rings. The van der Waals surface area contributed by atoms with E-state index < -0.39 is 107 Å². The highest BCUT2D eigenvalue weighted by Crippen LogP contribution is 2.55. The minimum atomic E-state index is -5.11. The highest BCUT2D eigenvalue weighted by Gasteiger charge is 2.53. The highest BCUT2D eigenvalue weighted by atomic mass is 32.5. The van der Waals surface area contributed by atoms with Gasteiger partial charge in [-0.25, -0.2) is 33.1 Å². The molecular formula is C32H33F2N9O13P2S. The molecule has 1 aromatic carbocycles. The molecule has 1 amide bonds. The molecule has 2 aliphatic rings. The molecule has 2 saturated heterocycles. The van der Waals surface area contributed by atoms with Crippen LogP contribution in [0.4, 0.5) is 14.6 Å². The summed E-state index contributed by atoms with van der Waals surface area (Å²) in [4.78, 5) is 61.8. The number of nitrogens with one attached hydrogen (secondary N) is 2. The molecule has 0 saturated carbocycles. The number of aliphatic hydroxyl groups is 1. The average Bonchev–Trinajstić information content (AvgIpc) is 3.87. The number of hydrogen-bond acceptors (Lipinski definition) is 18. The third kappa shape index (κ3) is 10.2. The number of alkyl halides is 2. The van der Waals surface area contributed by atoms with Gasteiger partial charge in [-0.05, 0) is 23.9 Å². The van der Waals surface area contributed by atoms with Crippen molar-refractivity contribution in [1.29, 1.82) is 10.5 Å². The molecular weight excluding hydrogens is 850 g/mol. The van der Waals surface area contributed by atoms with Crippen LogP contribution >= 0.6 is 14.5 Å². The van der Waals surface area contributed by atoms with Gasteiger partial charge < -0.3 is 33.8 Å². The van der Waals surface area contributed by atoms with Crippen LogP contribution in [0.2, 0.25) is 0 Å². The standard InChI is InChI=1S/C32H33F2N9O13P2S/c33-22-25(19(14-44)53-30(22)42-11-8-21(45)40-32(42)47)56-58(59,51-13-5-10-36)52-15-20-26(55-57(48,49)50-12-4-9-35)23(34)31(54-20)43-17-39-24-27(37-16-38-28(24)43)41-29(46)18-6-2-1-3-7-18/h1-3,6-8,11,16-17,19-20,22-23,25-26,30-31,44H,4-5,12-15H2,(H,48,49)(H,40,45,47)(H,37,38,41,46)/t19-,20-,22?,23?,25+,26+,30-,31-,58?/m1/s1. The number of rotatable bonds is 18. The number of aliphatic hydroxyl groups excluding tert-OH is 1. The summed E-state index contributed by atoms with van der Waals surface area (Å²) >= 11 is 5.54. The van der Waals surface area contributed by atoms with Crippen LogP contribution < -0.4 is 16.6 Å². The first-order chi connectivity index (χ1) is 28.3. The van der Waals surface area contributed by atoms with Gasteiger partial charge in [-0.15, -0.1) is 0 Å². The van der Waals surface area contributed by atoms with Crippen molar-refractivity contribution in [2.45, 2.75) is 62.1 Å². The summed E-state index contributed by atoms with van der Waals surface area (Å²) in [6.45, 7) is -6.99. The number of benzene rings is 1. The van der Waals surface area contributed by atoms with Crippen molar-refractivity contribution >= 4 is 49.2 Å². The van der Waals surface area contributed by atoms with E-state index in [1.54, 1.807) is 36.4 Å². The molecule has 5 heterocycles. The number of H-pyrrole nitrogens is 1. The average molecular weight is 884 g/mol. The molecule has 22 nitrogen and oxygen atoms in total. The first-order valence-corrected chi connectivity index (χ1v) is 21.4. The molecule has 27 heteroatoms. The molecule has 0 radical (unpaired) electrons. The first kappa shape index (κ1) is 43.8. The quantitative estimate of drug-likeness (QED) is 0.0821. The Morgan fingerprint density at radius 3 is 2.29 bits per heavy atom. The van der Waals surface area contributed by atoms with E-state index in [1.807, 2.05) is 11.1 Å². The monoisotopic (exact) mass is 883 g/mol. The zero-order valence-electron chi connectivity index (χ0n) is 30.1. The van der Waals surface area contributed by atoms with Crippen LogP contribution in [0.25, 0.3) is 11.2 Å². The van der Waals surface area contributed by atoms with Gasteiger partial charge >= 0.3 is 20.2 Å². The van der Waals surface area contributed by atoms with Crippen molar-refractivity contribution in [3.05, 3.63) is 81.7 Å². The second-order valence-electron chi connectivity index (χ2n) is 12.4. The molecule has 3 aromatic heterocycles. The molecule has 59 heavy (non-hydrogen) atoms. The molecule has 314 valence electrons. The topological polar surface area (TPSA) is 297 Å². The van der Waals surface area contributed by atoms with Gasteiger partial charge in [0.05, 0.1) is 57.7 Å². The maximum absolute atomic E-state index is 16.6. The Morgan fingerprint density at radius 1 is 0.949 bits per heavy atom. The second-order valence-corrected chi connectivity index (χ2v) is 16.8. The Hall–Kier alpha value is -4.72. The molecule has 4 N–H and O–H groups in total. The summed E-state index contributed by atoms with van der Waals surface area (Å²) < 4.78 is 86.1. The SMILES string of the molecule is N#CCCOP(=O)(O)O[C@@H]1C(F)[C@H](n2cnc3c(NC(=O)c4ccccc4)ncnc32)O[C@@H]1COP(=S)(OCCC#N)O[C@@H]1C(F)[C@H](n2ccc(=O)[nH]c2=O)O[C@@H]1CO. The number of carbonyl (C=O) groups excluding carboxylic acids is 1. The van der Waals surface area contributed by atoms with E-state index in [1.165, 1.54) is 0 Å². The maximum Gasteiger partial charge on any atom is 0.472 e. The number of aromatic nitrogens is 6. The van der Waals surface area contributed by atoms with Crippen LogP contribution in [0.3, 0.4) is 0 Å². The predicted molar refractivity (Wildman–Crippen MR) is 198 cm³/mol. The molecule has 4 aromatic rings. The summed E-state index contributed by atoms with van der Waals surface area (Å²) in [7, 11) is -5.11. The van der Waals surface area contributed by atoms with Gasteiger partial charge in [-0.3, -0.25) is 37.3 Å². The van der Waals surface area contributed by atoms with Gasteiger partial charge in [-0.2, -0.15) is 10.5 Å². The van der Waals surface area contributed by atoms with E-state index >= 15 is 8.78 Å². The van der Waals surface area contributed by atoms with Crippen molar-refractivity contribution < 1.29 is 60.2 Å². The highest BCUT2D eigenvalue weighted by molar-refractivity contribution is 8.07. The smallest absolute Gasteiger partial charge is 0.394 e. The Morgan fingerprint density at radius 2 is 1.61 bits per heavy atom. The van der Waals surface area contributed by atoms with E-state index in [-0.39, 0.29) is 29.8 Å². The maximum atomic E-state index is 16.6. The molecule has 0 spiro atoms. The molecule has 2 aliphatic heterocycles. The van der Waals surface area contributed by atoms with Gasteiger partial charge in [0.25, 0.3) is 11.5 Å². The number of ether oxygens (including phenoxy) is 2. The van der Waals surface area contributed by atoms with Crippen molar-refractivity contribution in [3.8, 4) is 12.1 Å². The van der Waals surface area contributed by atoms with Crippen molar-refractivity contribution in [1.82, 2.24) is 29.1 Å². The molecule has 4 unspecified atom stereocenters. The van der Waals surface area contributed by atoms with E-state index in [0.717, 1.165) is 29.5 Å². The number of nitrogens with zero attached hydrogens (tertiary/aromatic N) is 7. The third-order valence-corrected chi connectivity index (χ3v) is 11.9. The Balaban J connectivity index is 1.27. The minimum absolute atomic E-state index is 0.00707. The number of carbonyl (C=O) groups is 1. The number of phosphoric acid groups is 1. The van der Waals surface area contributed by atoms with E-state index in [4.69, 9.17) is 54.4 Å². The van der Waals surface area contributed by atoms with Gasteiger partial charge in [0.15, 0.2) is 41.8 Å². The molecule has 10 atom stereocenters. The third-order valence-electron chi connectivity index (χ3n) is 8.57. The lowest BCUT2D eigenvalue weighted by molar-refractivity contribution is -0.0550. The fraction of sp³-hybridized carbons (Fsp3) is 0.438. The number of hydrogen-bond donors (Lipinski definition) is 4. The number of aromatic amines is 1. The van der Waals surface area contributed by atoms with Crippen molar-refractivity contribution in [2.24, 2.45) is 0 Å². The number of phosphoric ester groups is 1. The number of imidazole rings is 1. The Bertz CT molecular complexity index is 2430. The van der Waals surface area contributed by atoms with Crippen molar-refractivity contribution in [2.75, 3.05) is 31.7 Å². The lowest BCUT2D eigenvalue weighted by atomic mass is 10.1. The lowest BCUT2D eigenvalue weighted by Crippen LogP contribution is -2.37.